The van der Waals surface area contributed by atoms with E-state index in [4.69, 9.17) is 10.5 Å². The van der Waals surface area contributed by atoms with Crippen LogP contribution in [0.2, 0.25) is 0 Å². The van der Waals surface area contributed by atoms with Gasteiger partial charge >= 0.3 is 0 Å². The number of nitrogens with zero attached hydrogens (tertiary/aromatic N) is 3. The summed E-state index contributed by atoms with van der Waals surface area (Å²) >= 11 is 0. The number of rotatable bonds is 6. The molecule has 0 spiro atoms. The fraction of sp³-hybridized carbons (Fsp3) is 0.600. The van der Waals surface area contributed by atoms with Crippen molar-refractivity contribution in [3.8, 4) is 5.75 Å². The van der Waals surface area contributed by atoms with Crippen LogP contribution in [0.25, 0.3) is 0 Å². The molecule has 2 aliphatic rings. The number of hydrogen-bond acceptors (Lipinski definition) is 4. The number of likely N-dealkylation sites (N-methyl/N-ethyl adjacent to an activating group) is 1. The number of ether oxygens (including phenoxy) is 1. The van der Waals surface area contributed by atoms with Crippen LogP contribution in [-0.2, 0) is 4.79 Å². The van der Waals surface area contributed by atoms with Crippen molar-refractivity contribution in [2.45, 2.75) is 37.8 Å². The van der Waals surface area contributed by atoms with Gasteiger partial charge in [-0.3, -0.25) is 14.7 Å². The zero-order valence-electron chi connectivity index (χ0n) is 16.4. The summed E-state index contributed by atoms with van der Waals surface area (Å²) < 4.78 is 5.68. The number of likely N-dealkylation sites (tertiary alicyclic amines) is 1. The quantitative estimate of drug-likeness (QED) is 0.447. The van der Waals surface area contributed by atoms with E-state index in [1.807, 2.05) is 32.3 Å². The number of carbonyl (C=O) groups excluding carboxylic acids is 1. The van der Waals surface area contributed by atoms with Crippen molar-refractivity contribution in [3.05, 3.63) is 29.8 Å². The number of hydrogen-bond donors (Lipinski definition) is 2. The molecular weight excluding hydrogens is 342 g/mol. The molecule has 2 aliphatic heterocycles. The summed E-state index contributed by atoms with van der Waals surface area (Å²) in [5, 5.41) is 3.32. The fourth-order valence-electron chi connectivity index (χ4n) is 3.86. The first kappa shape index (κ1) is 19.5. The van der Waals surface area contributed by atoms with Crippen LogP contribution in [-0.4, -0.2) is 68.0 Å². The molecule has 2 unspecified atom stereocenters. The number of fused-ring (bicyclic) bond motifs is 1. The summed E-state index contributed by atoms with van der Waals surface area (Å²) in [7, 11) is 3.65. The molecule has 0 radical (unpaired) electrons. The molecule has 1 amide bonds. The Labute approximate surface area is 161 Å². The van der Waals surface area contributed by atoms with Crippen molar-refractivity contribution in [3.63, 3.8) is 0 Å². The molecule has 148 valence electrons. The minimum absolute atomic E-state index is 0.0261. The second-order valence-corrected chi connectivity index (χ2v) is 7.42. The van der Waals surface area contributed by atoms with Gasteiger partial charge in [0.05, 0.1) is 18.7 Å². The molecule has 7 heteroatoms. The average molecular weight is 374 g/mol. The zero-order valence-corrected chi connectivity index (χ0v) is 16.4. The standard InChI is InChI=1S/C20H31N5O2/c1-24(2)19(26)17-8-5-12-25(17)13-6-11-22-20(21)23-16-10-14-27-18-9-4-3-7-15(16)18/h3-4,7,9,16-17H,5-6,8,10-14H2,1-2H3,(H3,21,22,23). The van der Waals surface area contributed by atoms with Gasteiger partial charge in [-0.25, -0.2) is 0 Å². The van der Waals surface area contributed by atoms with E-state index < -0.39 is 0 Å². The van der Waals surface area contributed by atoms with Gasteiger partial charge in [-0.2, -0.15) is 0 Å². The monoisotopic (exact) mass is 373 g/mol. The van der Waals surface area contributed by atoms with E-state index in [1.165, 1.54) is 0 Å². The Morgan fingerprint density at radius 1 is 1.37 bits per heavy atom. The van der Waals surface area contributed by atoms with Crippen LogP contribution in [0, 0.1) is 0 Å². The predicted molar refractivity (Wildman–Crippen MR) is 107 cm³/mol. The number of amides is 1. The predicted octanol–water partition coefficient (Wildman–Crippen LogP) is 1.36. The summed E-state index contributed by atoms with van der Waals surface area (Å²) in [6, 6.07) is 8.20. The van der Waals surface area contributed by atoms with Gasteiger partial charge in [0.1, 0.15) is 5.75 Å². The summed E-state index contributed by atoms with van der Waals surface area (Å²) in [5.41, 5.74) is 7.22. The van der Waals surface area contributed by atoms with Gasteiger partial charge in [-0.1, -0.05) is 18.2 Å². The normalized spacial score (nSPS) is 22.8. The van der Waals surface area contributed by atoms with Gasteiger partial charge in [0, 0.05) is 39.2 Å². The summed E-state index contributed by atoms with van der Waals surface area (Å²) in [4.78, 5) is 20.7. The summed E-state index contributed by atoms with van der Waals surface area (Å²) in [6.45, 7) is 3.20. The van der Waals surface area contributed by atoms with E-state index in [0.717, 1.165) is 50.1 Å². The first-order valence-corrected chi connectivity index (χ1v) is 9.79. The van der Waals surface area contributed by atoms with Crippen molar-refractivity contribution in [1.29, 1.82) is 0 Å². The second-order valence-electron chi connectivity index (χ2n) is 7.42. The first-order chi connectivity index (χ1) is 13.1. The zero-order chi connectivity index (χ0) is 19.2. The van der Waals surface area contributed by atoms with E-state index >= 15 is 0 Å². The third-order valence-corrected chi connectivity index (χ3v) is 5.26. The molecule has 1 saturated heterocycles. The molecule has 0 bridgehead atoms. The second kappa shape index (κ2) is 9.08. The molecule has 1 fully saturated rings. The van der Waals surface area contributed by atoms with Crippen LogP contribution in [0.4, 0.5) is 0 Å². The molecular formula is C20H31N5O2. The molecule has 0 aromatic heterocycles. The topological polar surface area (TPSA) is 83.2 Å². The maximum atomic E-state index is 12.2. The number of guanidine groups is 1. The number of nitrogens with one attached hydrogen (secondary N) is 1. The highest BCUT2D eigenvalue weighted by molar-refractivity contribution is 5.81. The van der Waals surface area contributed by atoms with Crippen LogP contribution < -0.4 is 15.8 Å². The van der Waals surface area contributed by atoms with Gasteiger partial charge in [-0.15, -0.1) is 0 Å². The molecule has 27 heavy (non-hydrogen) atoms. The van der Waals surface area contributed by atoms with Gasteiger partial charge < -0.3 is 20.7 Å². The number of nitrogens with two attached hydrogens (primary N) is 1. The maximum absolute atomic E-state index is 12.2. The lowest BCUT2D eigenvalue weighted by atomic mass is 10.0. The lowest BCUT2D eigenvalue weighted by Crippen LogP contribution is -2.43. The Kier molecular flexibility index (Phi) is 6.55. The van der Waals surface area contributed by atoms with Gasteiger partial charge in [0.25, 0.3) is 0 Å². The van der Waals surface area contributed by atoms with Crippen LogP contribution in [0.5, 0.6) is 5.75 Å². The number of para-hydroxylation sites is 1. The van der Waals surface area contributed by atoms with Gasteiger partial charge in [-0.05, 0) is 31.9 Å². The van der Waals surface area contributed by atoms with Crippen LogP contribution in [0.15, 0.2) is 29.3 Å². The Morgan fingerprint density at radius 2 is 2.19 bits per heavy atom. The molecule has 1 aromatic rings. The molecule has 1 aromatic carbocycles. The third kappa shape index (κ3) is 4.91. The molecule has 0 saturated carbocycles. The lowest BCUT2D eigenvalue weighted by Gasteiger charge is -2.27. The van der Waals surface area contributed by atoms with E-state index in [9.17, 15) is 4.79 Å². The number of benzene rings is 1. The van der Waals surface area contributed by atoms with Crippen molar-refractivity contribution >= 4 is 11.9 Å². The van der Waals surface area contributed by atoms with E-state index in [0.29, 0.717) is 19.1 Å². The number of carbonyl (C=O) groups is 1. The summed E-state index contributed by atoms with van der Waals surface area (Å²) in [6.07, 6.45) is 3.80. The van der Waals surface area contributed by atoms with Crippen LogP contribution in [0.1, 0.15) is 37.3 Å². The molecule has 3 rings (SSSR count). The minimum atomic E-state index is 0.0261. The van der Waals surface area contributed by atoms with Crippen molar-refractivity contribution in [1.82, 2.24) is 15.1 Å². The molecule has 2 atom stereocenters. The molecule has 2 heterocycles. The van der Waals surface area contributed by atoms with Crippen molar-refractivity contribution in [2.24, 2.45) is 10.7 Å². The molecule has 0 aliphatic carbocycles. The first-order valence-electron chi connectivity index (χ1n) is 9.79. The largest absolute Gasteiger partial charge is 0.493 e. The van der Waals surface area contributed by atoms with Crippen molar-refractivity contribution in [2.75, 3.05) is 40.3 Å². The van der Waals surface area contributed by atoms with Gasteiger partial charge in [0.15, 0.2) is 5.96 Å². The van der Waals surface area contributed by atoms with E-state index in [2.05, 4.69) is 21.3 Å². The van der Waals surface area contributed by atoms with Gasteiger partial charge in [0.2, 0.25) is 5.91 Å². The maximum Gasteiger partial charge on any atom is 0.239 e. The SMILES string of the molecule is CN(C)C(=O)C1CCCN1CCCN=C(N)NC1CCOc2ccccc21. The van der Waals surface area contributed by atoms with Crippen molar-refractivity contribution < 1.29 is 9.53 Å². The Bertz CT molecular complexity index is 676. The number of aliphatic imine (C=N–C) groups is 1. The Balaban J connectivity index is 1.46. The smallest absolute Gasteiger partial charge is 0.239 e. The fourth-order valence-corrected chi connectivity index (χ4v) is 3.86. The van der Waals surface area contributed by atoms with E-state index in [1.54, 1.807) is 4.90 Å². The van der Waals surface area contributed by atoms with E-state index in [-0.39, 0.29) is 18.0 Å². The Morgan fingerprint density at radius 3 is 3.00 bits per heavy atom. The highest BCUT2D eigenvalue weighted by Crippen LogP contribution is 2.31. The van der Waals surface area contributed by atoms with Crippen LogP contribution in [0.3, 0.4) is 0 Å². The Hall–Kier alpha value is -2.28. The highest BCUT2D eigenvalue weighted by Gasteiger charge is 2.31. The van der Waals surface area contributed by atoms with Crippen LogP contribution >= 0.6 is 0 Å². The lowest BCUT2D eigenvalue weighted by molar-refractivity contribution is -0.133. The molecule has 3 N–H and O–H groups in total. The highest BCUT2D eigenvalue weighted by atomic mass is 16.5. The summed E-state index contributed by atoms with van der Waals surface area (Å²) in [5.74, 6) is 1.59. The molecule has 7 nitrogen and oxygen atoms in total. The average Bonchev–Trinajstić information content (AvgIpc) is 3.13. The third-order valence-electron chi connectivity index (χ3n) is 5.26. The minimum Gasteiger partial charge on any atom is -0.493 e.